The molecule has 0 saturated carbocycles. The molecule has 1 heterocycles. The molecular weight excluding hydrogens is 324 g/mol. The lowest BCUT2D eigenvalue weighted by Crippen LogP contribution is -2.46. The summed E-state index contributed by atoms with van der Waals surface area (Å²) in [5.41, 5.74) is 2.49. The van der Waals surface area contributed by atoms with Crippen LogP contribution in [0.4, 0.5) is 0 Å². The fraction of sp³-hybridized carbons (Fsp3) is 0.364. The second-order valence-corrected chi connectivity index (χ2v) is 6.82. The van der Waals surface area contributed by atoms with E-state index in [0.717, 1.165) is 12.8 Å². The summed E-state index contributed by atoms with van der Waals surface area (Å²) in [6, 6.07) is 20.3. The first-order chi connectivity index (χ1) is 12.7. The molecule has 0 spiro atoms. The first-order valence-electron chi connectivity index (χ1n) is 9.34. The van der Waals surface area contributed by atoms with Gasteiger partial charge in [0.2, 0.25) is 11.8 Å². The maximum Gasteiger partial charge on any atom is 0.242 e. The topological polar surface area (TPSA) is 49.4 Å². The lowest BCUT2D eigenvalue weighted by atomic mass is 9.88. The van der Waals surface area contributed by atoms with Crippen LogP contribution in [0.2, 0.25) is 0 Å². The van der Waals surface area contributed by atoms with Crippen molar-refractivity contribution in [3.8, 4) is 0 Å². The van der Waals surface area contributed by atoms with E-state index < -0.39 is 6.04 Å². The Morgan fingerprint density at radius 1 is 1.04 bits per heavy atom. The number of hydrogen-bond acceptors (Lipinski definition) is 2. The third-order valence-corrected chi connectivity index (χ3v) is 5.09. The molecule has 1 aliphatic heterocycles. The number of amides is 2. The largest absolute Gasteiger partial charge is 0.354 e. The molecule has 0 aliphatic carbocycles. The average molecular weight is 350 g/mol. The van der Waals surface area contributed by atoms with E-state index in [9.17, 15) is 9.59 Å². The molecule has 3 rings (SSSR count). The Morgan fingerprint density at radius 3 is 2.12 bits per heavy atom. The predicted molar refractivity (Wildman–Crippen MR) is 103 cm³/mol. The third-order valence-electron chi connectivity index (χ3n) is 5.09. The van der Waals surface area contributed by atoms with Crippen LogP contribution in [0.5, 0.6) is 0 Å². The number of hydrogen-bond donors (Lipinski definition) is 1. The van der Waals surface area contributed by atoms with Crippen LogP contribution in [-0.2, 0) is 9.59 Å². The molecule has 4 heteroatoms. The first kappa shape index (κ1) is 18.2. The van der Waals surface area contributed by atoms with Crippen LogP contribution in [-0.4, -0.2) is 35.8 Å². The molecule has 2 amide bonds. The van der Waals surface area contributed by atoms with Crippen molar-refractivity contribution in [2.75, 3.05) is 13.1 Å². The van der Waals surface area contributed by atoms with Gasteiger partial charge in [0, 0.05) is 25.4 Å². The monoisotopic (exact) mass is 350 g/mol. The molecule has 1 aliphatic rings. The minimum Gasteiger partial charge on any atom is -0.354 e. The second kappa shape index (κ2) is 8.65. The summed E-state index contributed by atoms with van der Waals surface area (Å²) in [7, 11) is 0. The molecule has 2 aromatic rings. The Bertz CT molecular complexity index is 691. The van der Waals surface area contributed by atoms with E-state index in [-0.39, 0.29) is 17.7 Å². The van der Waals surface area contributed by atoms with Gasteiger partial charge in [-0.3, -0.25) is 9.59 Å². The van der Waals surface area contributed by atoms with Gasteiger partial charge in [0.15, 0.2) is 0 Å². The van der Waals surface area contributed by atoms with Crippen LogP contribution >= 0.6 is 0 Å². The summed E-state index contributed by atoms with van der Waals surface area (Å²) in [5.74, 6) is 0.251. The van der Waals surface area contributed by atoms with Gasteiger partial charge in [0.1, 0.15) is 6.04 Å². The highest BCUT2D eigenvalue weighted by atomic mass is 16.2. The van der Waals surface area contributed by atoms with E-state index >= 15 is 0 Å². The van der Waals surface area contributed by atoms with Gasteiger partial charge in [0.25, 0.3) is 0 Å². The molecule has 4 nitrogen and oxygen atoms in total. The minimum atomic E-state index is -0.392. The van der Waals surface area contributed by atoms with Gasteiger partial charge < -0.3 is 10.2 Å². The number of carbonyl (C=O) groups excluding carboxylic acids is 2. The molecule has 0 unspecified atom stereocenters. The van der Waals surface area contributed by atoms with Crippen molar-refractivity contribution in [1.82, 2.24) is 10.2 Å². The molecule has 1 N–H and O–H groups in total. The van der Waals surface area contributed by atoms with E-state index in [0.29, 0.717) is 19.5 Å². The Hall–Kier alpha value is -2.62. The Balaban J connectivity index is 1.61. The van der Waals surface area contributed by atoms with Crippen LogP contribution in [0, 0.1) is 0 Å². The van der Waals surface area contributed by atoms with Gasteiger partial charge in [-0.05, 0) is 30.9 Å². The van der Waals surface area contributed by atoms with Crippen molar-refractivity contribution >= 4 is 11.8 Å². The van der Waals surface area contributed by atoms with Crippen LogP contribution < -0.4 is 5.32 Å². The smallest absolute Gasteiger partial charge is 0.242 e. The number of likely N-dealkylation sites (tertiary alicyclic amines) is 1. The number of benzene rings is 2. The molecule has 1 atom stereocenters. The van der Waals surface area contributed by atoms with Crippen molar-refractivity contribution in [2.24, 2.45) is 0 Å². The zero-order valence-electron chi connectivity index (χ0n) is 15.2. The van der Waals surface area contributed by atoms with Gasteiger partial charge in [0.05, 0.1) is 0 Å². The fourth-order valence-electron chi connectivity index (χ4n) is 3.60. The number of rotatable bonds is 7. The van der Waals surface area contributed by atoms with Gasteiger partial charge in [-0.1, -0.05) is 60.7 Å². The molecular formula is C22H26N2O2. The number of nitrogens with one attached hydrogen (secondary N) is 1. The summed E-state index contributed by atoms with van der Waals surface area (Å²) in [5, 5.41) is 3.02. The van der Waals surface area contributed by atoms with E-state index in [1.165, 1.54) is 11.1 Å². The highest BCUT2D eigenvalue weighted by Gasteiger charge is 2.29. The summed E-state index contributed by atoms with van der Waals surface area (Å²) >= 11 is 0. The summed E-state index contributed by atoms with van der Waals surface area (Å²) in [4.78, 5) is 25.9. The quantitative estimate of drug-likeness (QED) is 0.833. The normalized spacial score (nSPS) is 15.3. The lowest BCUT2D eigenvalue weighted by molar-refractivity contribution is -0.136. The SMILES string of the molecule is C[C@@H](C(=O)NCCC(c1ccccc1)c1ccccc1)N1CCCC1=O. The van der Waals surface area contributed by atoms with Crippen LogP contribution in [0.25, 0.3) is 0 Å². The van der Waals surface area contributed by atoms with E-state index in [2.05, 4.69) is 29.6 Å². The van der Waals surface area contributed by atoms with E-state index in [1.54, 1.807) is 4.90 Å². The van der Waals surface area contributed by atoms with Crippen molar-refractivity contribution in [1.29, 1.82) is 0 Å². The van der Waals surface area contributed by atoms with E-state index in [1.807, 2.05) is 43.3 Å². The van der Waals surface area contributed by atoms with Crippen LogP contribution in [0.15, 0.2) is 60.7 Å². The summed E-state index contributed by atoms with van der Waals surface area (Å²) < 4.78 is 0. The second-order valence-electron chi connectivity index (χ2n) is 6.82. The maximum atomic E-state index is 12.4. The zero-order chi connectivity index (χ0) is 18.4. The highest BCUT2D eigenvalue weighted by Crippen LogP contribution is 2.27. The Labute approximate surface area is 155 Å². The summed E-state index contributed by atoms with van der Waals surface area (Å²) in [6.45, 7) is 3.08. The van der Waals surface area contributed by atoms with Crippen molar-refractivity contribution in [2.45, 2.75) is 38.1 Å². The molecule has 0 bridgehead atoms. The molecule has 26 heavy (non-hydrogen) atoms. The fourth-order valence-corrected chi connectivity index (χ4v) is 3.60. The lowest BCUT2D eigenvalue weighted by Gasteiger charge is -2.24. The Kier molecular flexibility index (Phi) is 6.05. The van der Waals surface area contributed by atoms with Crippen LogP contribution in [0.3, 0.4) is 0 Å². The first-order valence-corrected chi connectivity index (χ1v) is 9.34. The molecule has 0 aromatic heterocycles. The molecule has 1 fully saturated rings. The van der Waals surface area contributed by atoms with Gasteiger partial charge in [-0.25, -0.2) is 0 Å². The minimum absolute atomic E-state index is 0.0693. The maximum absolute atomic E-state index is 12.4. The van der Waals surface area contributed by atoms with Crippen molar-refractivity contribution in [3.63, 3.8) is 0 Å². The third kappa shape index (κ3) is 4.31. The molecule has 0 radical (unpaired) electrons. The highest BCUT2D eigenvalue weighted by molar-refractivity contribution is 5.88. The summed E-state index contributed by atoms with van der Waals surface area (Å²) in [6.07, 6.45) is 2.22. The number of nitrogens with zero attached hydrogens (tertiary/aromatic N) is 1. The van der Waals surface area contributed by atoms with E-state index in [4.69, 9.17) is 0 Å². The number of carbonyl (C=O) groups is 2. The molecule has 2 aromatic carbocycles. The van der Waals surface area contributed by atoms with Gasteiger partial charge in [-0.15, -0.1) is 0 Å². The van der Waals surface area contributed by atoms with Gasteiger partial charge in [-0.2, -0.15) is 0 Å². The molecule has 1 saturated heterocycles. The van der Waals surface area contributed by atoms with Crippen molar-refractivity contribution < 1.29 is 9.59 Å². The zero-order valence-corrected chi connectivity index (χ0v) is 15.2. The van der Waals surface area contributed by atoms with Crippen molar-refractivity contribution in [3.05, 3.63) is 71.8 Å². The van der Waals surface area contributed by atoms with Crippen LogP contribution in [0.1, 0.15) is 43.2 Å². The van der Waals surface area contributed by atoms with Gasteiger partial charge >= 0.3 is 0 Å². The molecule has 136 valence electrons. The average Bonchev–Trinajstić information content (AvgIpc) is 3.11. The standard InChI is InChI=1S/C22H26N2O2/c1-17(24-16-8-13-21(24)25)22(26)23-15-14-20(18-9-4-2-5-10-18)19-11-6-3-7-12-19/h2-7,9-12,17,20H,8,13-16H2,1H3,(H,23,26)/t17-/m0/s1. The predicted octanol–water partition coefficient (Wildman–Crippen LogP) is 3.34. The Morgan fingerprint density at radius 2 is 1.62 bits per heavy atom.